The molecule has 0 atom stereocenters. The molecule has 6 nitrogen and oxygen atoms in total. The highest BCUT2D eigenvalue weighted by Gasteiger charge is 2.23. The zero-order valence-electron chi connectivity index (χ0n) is 17.4. The van der Waals surface area contributed by atoms with E-state index in [1.807, 2.05) is 61.5 Å². The zero-order valence-corrected chi connectivity index (χ0v) is 18.2. The van der Waals surface area contributed by atoms with Crippen LogP contribution in [0.15, 0.2) is 60.8 Å². The maximum absolute atomic E-state index is 13.1. The molecule has 0 fully saturated rings. The summed E-state index contributed by atoms with van der Waals surface area (Å²) in [6.07, 6.45) is 1.71. The molecule has 0 saturated heterocycles. The Morgan fingerprint density at radius 2 is 1.80 bits per heavy atom. The monoisotopic (exact) mass is 417 g/mol. The van der Waals surface area contributed by atoms with Crippen molar-refractivity contribution in [3.05, 3.63) is 77.1 Å². The minimum atomic E-state index is -0.204. The van der Waals surface area contributed by atoms with Gasteiger partial charge in [-0.25, -0.2) is 9.97 Å². The van der Waals surface area contributed by atoms with Gasteiger partial charge in [0.15, 0.2) is 5.82 Å². The molecule has 0 saturated carbocycles. The topological polar surface area (TPSA) is 72.7 Å². The summed E-state index contributed by atoms with van der Waals surface area (Å²) in [5, 5.41) is 8.54. The summed E-state index contributed by atoms with van der Waals surface area (Å²) in [7, 11) is 0. The van der Waals surface area contributed by atoms with Gasteiger partial charge in [-0.1, -0.05) is 57.2 Å². The van der Waals surface area contributed by atoms with Gasteiger partial charge in [-0.15, -0.1) is 11.3 Å². The van der Waals surface area contributed by atoms with E-state index in [4.69, 9.17) is 5.10 Å². The van der Waals surface area contributed by atoms with Gasteiger partial charge in [0.25, 0.3) is 5.91 Å². The van der Waals surface area contributed by atoms with Gasteiger partial charge >= 0.3 is 0 Å². The lowest BCUT2D eigenvalue weighted by Crippen LogP contribution is -2.15. The average molecular weight is 418 g/mol. The van der Waals surface area contributed by atoms with Crippen molar-refractivity contribution >= 4 is 23.1 Å². The van der Waals surface area contributed by atoms with Crippen molar-refractivity contribution in [1.82, 2.24) is 19.7 Å². The predicted octanol–water partition coefficient (Wildman–Crippen LogP) is 5.25. The molecule has 1 aromatic carbocycles. The van der Waals surface area contributed by atoms with Crippen molar-refractivity contribution < 1.29 is 4.79 Å². The lowest BCUT2D eigenvalue weighted by atomic mass is 9.92. The van der Waals surface area contributed by atoms with Gasteiger partial charge in [-0.2, -0.15) is 9.78 Å². The number of carbonyl (C=O) groups is 1. The van der Waals surface area contributed by atoms with Crippen LogP contribution >= 0.6 is 11.3 Å². The normalized spacial score (nSPS) is 11.5. The van der Waals surface area contributed by atoms with Gasteiger partial charge < -0.3 is 5.32 Å². The summed E-state index contributed by atoms with van der Waals surface area (Å²) < 4.78 is 1.67. The van der Waals surface area contributed by atoms with E-state index in [-0.39, 0.29) is 11.3 Å². The first kappa shape index (κ1) is 20.0. The van der Waals surface area contributed by atoms with Gasteiger partial charge in [0.05, 0.1) is 11.4 Å². The molecule has 0 spiro atoms. The number of nitrogens with zero attached hydrogens (tertiary/aromatic N) is 4. The second-order valence-corrected chi connectivity index (χ2v) is 9.02. The fourth-order valence-electron chi connectivity index (χ4n) is 2.97. The third-order valence-corrected chi connectivity index (χ3v) is 5.81. The van der Waals surface area contributed by atoms with Crippen LogP contribution in [-0.2, 0) is 5.41 Å². The number of nitrogens with one attached hydrogen (secondary N) is 1. The molecule has 0 unspecified atom stereocenters. The molecule has 3 heterocycles. The molecule has 0 radical (unpaired) electrons. The summed E-state index contributed by atoms with van der Waals surface area (Å²) >= 11 is 1.39. The number of hydrogen-bond acceptors (Lipinski definition) is 5. The van der Waals surface area contributed by atoms with E-state index in [2.05, 4.69) is 36.1 Å². The Hall–Kier alpha value is -3.32. The first-order valence-electron chi connectivity index (χ1n) is 9.69. The van der Waals surface area contributed by atoms with E-state index in [1.54, 1.807) is 10.9 Å². The number of rotatable bonds is 4. The largest absolute Gasteiger partial charge is 0.306 e. The molecule has 0 aliphatic heterocycles. The predicted molar refractivity (Wildman–Crippen MR) is 120 cm³/mol. The van der Waals surface area contributed by atoms with E-state index < -0.39 is 0 Å². The third kappa shape index (κ3) is 4.02. The summed E-state index contributed by atoms with van der Waals surface area (Å²) in [4.78, 5) is 22.7. The quantitative estimate of drug-likeness (QED) is 0.492. The van der Waals surface area contributed by atoms with E-state index in [0.717, 1.165) is 16.3 Å². The lowest BCUT2D eigenvalue weighted by Gasteiger charge is -2.13. The van der Waals surface area contributed by atoms with E-state index in [9.17, 15) is 4.79 Å². The van der Waals surface area contributed by atoms with Crippen molar-refractivity contribution in [2.24, 2.45) is 0 Å². The van der Waals surface area contributed by atoms with Gasteiger partial charge in [0, 0.05) is 23.2 Å². The Labute approximate surface area is 179 Å². The average Bonchev–Trinajstić information content (AvgIpc) is 3.33. The molecule has 0 aliphatic rings. The molecule has 4 aromatic rings. The third-order valence-electron chi connectivity index (χ3n) is 4.61. The Morgan fingerprint density at radius 1 is 1.07 bits per heavy atom. The molecule has 7 heteroatoms. The molecule has 4 rings (SSSR count). The first-order chi connectivity index (χ1) is 14.3. The highest BCUT2D eigenvalue weighted by Crippen LogP contribution is 2.30. The molecular formula is C23H23N5OS. The Balaban J connectivity index is 1.68. The standard InChI is InChI=1S/C23H23N5OS/c1-15-20(30-22(25-15)16-10-6-5-7-11-16)21(29)26-19-14-17(23(2,3)4)27-28(19)18-12-8-9-13-24-18/h5-14H,1-4H3,(H,26,29). The van der Waals surface area contributed by atoms with Crippen LogP contribution in [0, 0.1) is 6.92 Å². The van der Waals surface area contributed by atoms with Crippen molar-refractivity contribution in [2.75, 3.05) is 5.32 Å². The maximum Gasteiger partial charge on any atom is 0.268 e. The van der Waals surface area contributed by atoms with Crippen LogP contribution in [0.1, 0.15) is 41.8 Å². The Bertz CT molecular complexity index is 1170. The van der Waals surface area contributed by atoms with Gasteiger partial charge in [-0.05, 0) is 19.1 Å². The van der Waals surface area contributed by atoms with E-state index in [0.29, 0.717) is 22.2 Å². The molecular weight excluding hydrogens is 394 g/mol. The number of hydrogen-bond donors (Lipinski definition) is 1. The fourth-order valence-corrected chi connectivity index (χ4v) is 3.94. The Kier molecular flexibility index (Phi) is 5.22. The lowest BCUT2D eigenvalue weighted by molar-refractivity contribution is 0.102. The summed E-state index contributed by atoms with van der Waals surface area (Å²) in [6.45, 7) is 8.12. The Morgan fingerprint density at radius 3 is 2.47 bits per heavy atom. The van der Waals surface area contributed by atoms with Gasteiger partial charge in [0.1, 0.15) is 15.7 Å². The summed E-state index contributed by atoms with van der Waals surface area (Å²) in [5.74, 6) is 1.02. The van der Waals surface area contributed by atoms with E-state index >= 15 is 0 Å². The van der Waals surface area contributed by atoms with Gasteiger partial charge in [0.2, 0.25) is 0 Å². The van der Waals surface area contributed by atoms with Crippen LogP contribution in [0.25, 0.3) is 16.4 Å². The summed E-state index contributed by atoms with van der Waals surface area (Å²) in [5.41, 5.74) is 2.41. The number of benzene rings is 1. The molecule has 1 N–H and O–H groups in total. The second kappa shape index (κ2) is 7.84. The maximum atomic E-state index is 13.1. The number of anilines is 1. The SMILES string of the molecule is Cc1nc(-c2ccccc2)sc1C(=O)Nc1cc(C(C)(C)C)nn1-c1ccccn1. The van der Waals surface area contributed by atoms with Crippen molar-refractivity contribution in [3.63, 3.8) is 0 Å². The molecule has 1 amide bonds. The summed E-state index contributed by atoms with van der Waals surface area (Å²) in [6, 6.07) is 17.4. The van der Waals surface area contributed by atoms with Crippen LogP contribution in [0.5, 0.6) is 0 Å². The second-order valence-electron chi connectivity index (χ2n) is 8.02. The number of amides is 1. The van der Waals surface area contributed by atoms with Crippen LogP contribution in [0.4, 0.5) is 5.82 Å². The minimum Gasteiger partial charge on any atom is -0.306 e. The molecule has 152 valence electrons. The zero-order chi connectivity index (χ0) is 21.3. The smallest absolute Gasteiger partial charge is 0.268 e. The number of carbonyl (C=O) groups excluding carboxylic acids is 1. The van der Waals surface area contributed by atoms with Crippen LogP contribution < -0.4 is 5.32 Å². The van der Waals surface area contributed by atoms with E-state index in [1.165, 1.54) is 11.3 Å². The molecule has 30 heavy (non-hydrogen) atoms. The first-order valence-corrected chi connectivity index (χ1v) is 10.5. The minimum absolute atomic E-state index is 0.166. The van der Waals surface area contributed by atoms with Crippen molar-refractivity contribution in [3.8, 4) is 16.4 Å². The number of aromatic nitrogens is 4. The molecule has 3 aromatic heterocycles. The van der Waals surface area contributed by atoms with Crippen LogP contribution in [0.3, 0.4) is 0 Å². The number of thiazole rings is 1. The molecule has 0 bridgehead atoms. The van der Waals surface area contributed by atoms with Gasteiger partial charge in [-0.3, -0.25) is 4.79 Å². The highest BCUT2D eigenvalue weighted by atomic mass is 32.1. The van der Waals surface area contributed by atoms with Crippen molar-refractivity contribution in [1.29, 1.82) is 0 Å². The van der Waals surface area contributed by atoms with Crippen molar-refractivity contribution in [2.45, 2.75) is 33.1 Å². The van der Waals surface area contributed by atoms with Crippen LogP contribution in [-0.4, -0.2) is 25.7 Å². The number of pyridine rings is 1. The highest BCUT2D eigenvalue weighted by molar-refractivity contribution is 7.17. The fraction of sp³-hybridized carbons (Fsp3) is 0.217. The molecule has 0 aliphatic carbocycles. The number of aryl methyl sites for hydroxylation is 1. The van der Waals surface area contributed by atoms with Crippen LogP contribution in [0.2, 0.25) is 0 Å².